The maximum atomic E-state index is 11.7. The number of thiophene rings is 1. The van der Waals surface area contributed by atoms with Crippen LogP contribution in [-0.2, 0) is 11.3 Å². The van der Waals surface area contributed by atoms with Gasteiger partial charge in [-0.25, -0.2) is 4.79 Å². The predicted octanol–water partition coefficient (Wildman–Crippen LogP) is 1.61. The molecular weight excluding hydrogens is 252 g/mol. The molecule has 1 fully saturated rings. The van der Waals surface area contributed by atoms with Gasteiger partial charge in [0, 0.05) is 25.6 Å². The van der Waals surface area contributed by atoms with Crippen LogP contribution < -0.4 is 5.32 Å². The summed E-state index contributed by atoms with van der Waals surface area (Å²) in [7, 11) is 0. The lowest BCUT2D eigenvalue weighted by atomic mass is 9.87. The molecule has 98 valence electrons. The van der Waals surface area contributed by atoms with Crippen LogP contribution in [0.25, 0.3) is 0 Å². The van der Waals surface area contributed by atoms with E-state index in [2.05, 4.69) is 5.32 Å². The van der Waals surface area contributed by atoms with Gasteiger partial charge in [0.1, 0.15) is 0 Å². The van der Waals surface area contributed by atoms with Crippen molar-refractivity contribution >= 4 is 23.3 Å². The van der Waals surface area contributed by atoms with Crippen molar-refractivity contribution in [2.45, 2.75) is 13.5 Å². The van der Waals surface area contributed by atoms with Crippen molar-refractivity contribution in [3.8, 4) is 0 Å². The highest BCUT2D eigenvalue weighted by atomic mass is 32.1. The number of nitrogens with zero attached hydrogens (tertiary/aromatic N) is 1. The Balaban J connectivity index is 1.71. The molecule has 1 unspecified atom stereocenters. The minimum Gasteiger partial charge on any atom is -0.481 e. The summed E-state index contributed by atoms with van der Waals surface area (Å²) in [5.74, 6) is -1.10. The number of hydrogen-bond acceptors (Lipinski definition) is 3. The molecule has 5 nitrogen and oxygen atoms in total. The van der Waals surface area contributed by atoms with Crippen molar-refractivity contribution < 1.29 is 14.7 Å². The Bertz CT molecular complexity index is 427. The summed E-state index contributed by atoms with van der Waals surface area (Å²) < 4.78 is 0. The van der Waals surface area contributed by atoms with E-state index in [9.17, 15) is 9.59 Å². The number of carboxylic acids is 1. The van der Waals surface area contributed by atoms with E-state index in [0.29, 0.717) is 19.6 Å². The number of aliphatic carboxylic acids is 1. The zero-order chi connectivity index (χ0) is 13.1. The highest BCUT2D eigenvalue weighted by Crippen LogP contribution is 2.23. The van der Waals surface area contributed by atoms with E-state index < -0.39 is 5.97 Å². The fraction of sp³-hybridized carbons (Fsp3) is 0.500. The summed E-state index contributed by atoms with van der Waals surface area (Å²) in [6, 6.07) is 1.85. The zero-order valence-corrected chi connectivity index (χ0v) is 10.9. The van der Waals surface area contributed by atoms with Gasteiger partial charge >= 0.3 is 12.0 Å². The third kappa shape index (κ3) is 2.81. The molecule has 0 aliphatic carbocycles. The van der Waals surface area contributed by atoms with Crippen LogP contribution >= 0.6 is 11.3 Å². The SMILES string of the molecule is CC(C(=O)O)C1CN(C(=O)NCc2ccsc2)C1. The number of carbonyl (C=O) groups is 2. The standard InChI is InChI=1S/C12H16N2O3S/c1-8(11(15)16)10-5-14(6-10)12(17)13-4-9-2-3-18-7-9/h2-3,7-8,10H,4-6H2,1H3,(H,13,17)(H,15,16). The number of nitrogens with one attached hydrogen (secondary N) is 1. The first-order valence-corrected chi connectivity index (χ1v) is 6.79. The summed E-state index contributed by atoms with van der Waals surface area (Å²) in [6.45, 7) is 3.28. The van der Waals surface area contributed by atoms with E-state index in [4.69, 9.17) is 5.11 Å². The Kier molecular flexibility index (Phi) is 3.86. The quantitative estimate of drug-likeness (QED) is 0.871. The van der Waals surface area contributed by atoms with Gasteiger partial charge in [-0.05, 0) is 22.4 Å². The van der Waals surface area contributed by atoms with Crippen LogP contribution in [-0.4, -0.2) is 35.1 Å². The molecular formula is C12H16N2O3S. The predicted molar refractivity (Wildman–Crippen MR) is 68.4 cm³/mol. The fourth-order valence-corrected chi connectivity index (χ4v) is 2.55. The third-order valence-corrected chi connectivity index (χ3v) is 4.05. The lowest BCUT2D eigenvalue weighted by Crippen LogP contribution is -2.56. The van der Waals surface area contributed by atoms with E-state index in [0.717, 1.165) is 5.56 Å². The van der Waals surface area contributed by atoms with Gasteiger partial charge in [-0.2, -0.15) is 11.3 Å². The molecule has 0 saturated carbocycles. The maximum Gasteiger partial charge on any atom is 0.317 e. The van der Waals surface area contributed by atoms with Gasteiger partial charge in [-0.1, -0.05) is 6.92 Å². The molecule has 2 rings (SSSR count). The molecule has 18 heavy (non-hydrogen) atoms. The maximum absolute atomic E-state index is 11.7. The van der Waals surface area contributed by atoms with Crippen LogP contribution in [0.5, 0.6) is 0 Å². The lowest BCUT2D eigenvalue weighted by Gasteiger charge is -2.41. The Morgan fingerprint density at radius 3 is 2.89 bits per heavy atom. The monoisotopic (exact) mass is 268 g/mol. The van der Waals surface area contributed by atoms with Gasteiger partial charge in [0.15, 0.2) is 0 Å². The average Bonchev–Trinajstić information content (AvgIpc) is 2.76. The topological polar surface area (TPSA) is 69.6 Å². The fourth-order valence-electron chi connectivity index (χ4n) is 1.88. The Hall–Kier alpha value is -1.56. The molecule has 0 aromatic carbocycles. The minimum absolute atomic E-state index is 0.0781. The van der Waals surface area contributed by atoms with Crippen molar-refractivity contribution in [1.82, 2.24) is 10.2 Å². The van der Waals surface area contributed by atoms with Gasteiger partial charge in [0.05, 0.1) is 5.92 Å². The van der Waals surface area contributed by atoms with Crippen LogP contribution in [0.1, 0.15) is 12.5 Å². The minimum atomic E-state index is -0.793. The summed E-state index contributed by atoms with van der Waals surface area (Å²) in [4.78, 5) is 24.2. The molecule has 2 amide bonds. The second-order valence-corrected chi connectivity index (χ2v) is 5.36. The summed E-state index contributed by atoms with van der Waals surface area (Å²) in [6.07, 6.45) is 0. The number of carbonyl (C=O) groups excluding carboxylic acids is 1. The number of amides is 2. The van der Waals surface area contributed by atoms with Crippen molar-refractivity contribution in [1.29, 1.82) is 0 Å². The summed E-state index contributed by atoms with van der Waals surface area (Å²) in [5.41, 5.74) is 1.09. The summed E-state index contributed by atoms with van der Waals surface area (Å²) in [5, 5.41) is 15.6. The van der Waals surface area contributed by atoms with Crippen LogP contribution in [0.15, 0.2) is 16.8 Å². The van der Waals surface area contributed by atoms with Crippen molar-refractivity contribution in [2.75, 3.05) is 13.1 Å². The normalized spacial score (nSPS) is 17.1. The second kappa shape index (κ2) is 5.39. The number of likely N-dealkylation sites (tertiary alicyclic amines) is 1. The number of hydrogen-bond donors (Lipinski definition) is 2. The van der Waals surface area contributed by atoms with Gasteiger partial charge in [0.25, 0.3) is 0 Å². The molecule has 2 heterocycles. The van der Waals surface area contributed by atoms with Gasteiger partial charge < -0.3 is 15.3 Å². The molecule has 1 aliphatic heterocycles. The number of urea groups is 1. The zero-order valence-electron chi connectivity index (χ0n) is 10.1. The number of carboxylic acid groups (broad SMARTS) is 1. The highest BCUT2D eigenvalue weighted by molar-refractivity contribution is 7.07. The molecule has 1 aliphatic rings. The Morgan fingerprint density at radius 1 is 1.61 bits per heavy atom. The van der Waals surface area contributed by atoms with Crippen molar-refractivity contribution in [3.63, 3.8) is 0 Å². The van der Waals surface area contributed by atoms with E-state index in [1.807, 2.05) is 16.8 Å². The first kappa shape index (κ1) is 12.9. The molecule has 0 spiro atoms. The average molecular weight is 268 g/mol. The summed E-state index contributed by atoms with van der Waals surface area (Å²) >= 11 is 1.60. The third-order valence-electron chi connectivity index (χ3n) is 3.32. The van der Waals surface area contributed by atoms with Gasteiger partial charge in [-0.15, -0.1) is 0 Å². The van der Waals surface area contributed by atoms with E-state index >= 15 is 0 Å². The number of rotatable bonds is 4. The van der Waals surface area contributed by atoms with Crippen LogP contribution in [0, 0.1) is 11.8 Å². The van der Waals surface area contributed by atoms with Gasteiger partial charge in [0.2, 0.25) is 0 Å². The lowest BCUT2D eigenvalue weighted by molar-refractivity contribution is -0.144. The molecule has 6 heteroatoms. The van der Waals surface area contributed by atoms with E-state index in [1.54, 1.807) is 23.2 Å². The van der Waals surface area contributed by atoms with E-state index in [1.165, 1.54) is 0 Å². The molecule has 0 bridgehead atoms. The Labute approximate surface area is 109 Å². The molecule has 1 aromatic heterocycles. The molecule has 2 N–H and O–H groups in total. The first-order chi connectivity index (χ1) is 8.58. The molecule has 1 aromatic rings. The van der Waals surface area contributed by atoms with Crippen molar-refractivity contribution in [3.05, 3.63) is 22.4 Å². The van der Waals surface area contributed by atoms with Crippen LogP contribution in [0.4, 0.5) is 4.79 Å². The van der Waals surface area contributed by atoms with Crippen LogP contribution in [0.3, 0.4) is 0 Å². The molecule has 1 saturated heterocycles. The molecule has 0 radical (unpaired) electrons. The van der Waals surface area contributed by atoms with E-state index in [-0.39, 0.29) is 17.9 Å². The van der Waals surface area contributed by atoms with Crippen molar-refractivity contribution in [2.24, 2.45) is 11.8 Å². The van der Waals surface area contributed by atoms with Crippen LogP contribution in [0.2, 0.25) is 0 Å². The second-order valence-electron chi connectivity index (χ2n) is 4.58. The highest BCUT2D eigenvalue weighted by Gasteiger charge is 2.36. The molecule has 1 atom stereocenters. The van der Waals surface area contributed by atoms with Gasteiger partial charge in [-0.3, -0.25) is 4.79 Å². The smallest absolute Gasteiger partial charge is 0.317 e. The first-order valence-electron chi connectivity index (χ1n) is 5.84. The Morgan fingerprint density at radius 2 is 2.33 bits per heavy atom. The largest absolute Gasteiger partial charge is 0.481 e.